The number of nitrogens with zero attached hydrogens (tertiary/aromatic N) is 3. The van der Waals surface area contributed by atoms with Gasteiger partial charge in [0.15, 0.2) is 5.69 Å². The minimum Gasteiger partial charge on any atom is -0.326 e. The summed E-state index contributed by atoms with van der Waals surface area (Å²) in [6.07, 6.45) is 3.18. The van der Waals surface area contributed by atoms with E-state index in [1.54, 1.807) is 22.9 Å². The van der Waals surface area contributed by atoms with Crippen LogP contribution < -0.4 is 5.32 Å². The monoisotopic (exact) mass is 346 g/mol. The minimum absolute atomic E-state index is 0.125. The molecule has 0 atom stereocenters. The van der Waals surface area contributed by atoms with E-state index in [0.29, 0.717) is 17.1 Å². The molecule has 0 aliphatic carbocycles. The van der Waals surface area contributed by atoms with E-state index in [9.17, 15) is 9.59 Å². The van der Waals surface area contributed by atoms with Gasteiger partial charge in [-0.3, -0.25) is 9.59 Å². The summed E-state index contributed by atoms with van der Waals surface area (Å²) < 4.78 is 1.64. The fourth-order valence-electron chi connectivity index (χ4n) is 2.50. The zero-order chi connectivity index (χ0) is 18.5. The van der Waals surface area contributed by atoms with E-state index in [1.807, 2.05) is 49.4 Å². The number of allylic oxidation sites excluding steroid dienone is 1. The SMILES string of the molecule is CC(=O)Nc1ccc(/C=C\C(=O)c2nnn(-c3ccccc3)c2C)cc1. The summed E-state index contributed by atoms with van der Waals surface area (Å²) in [5.74, 6) is -0.337. The largest absolute Gasteiger partial charge is 0.326 e. The number of ketones is 1. The number of hydrogen-bond donors (Lipinski definition) is 1. The molecular weight excluding hydrogens is 328 g/mol. The third kappa shape index (κ3) is 3.92. The van der Waals surface area contributed by atoms with Crippen molar-refractivity contribution in [3.05, 3.63) is 77.6 Å². The average molecular weight is 346 g/mol. The number of carbonyl (C=O) groups is 2. The lowest BCUT2D eigenvalue weighted by molar-refractivity contribution is -0.114. The first kappa shape index (κ1) is 17.3. The standard InChI is InChI=1S/C20H18N4O2/c1-14-20(22-23-24(14)18-6-4-3-5-7-18)19(26)13-10-16-8-11-17(12-9-16)21-15(2)25/h3-13H,1-2H3,(H,21,25)/b13-10-. The van der Waals surface area contributed by atoms with Gasteiger partial charge in [0.25, 0.3) is 0 Å². The molecule has 0 fully saturated rings. The van der Waals surface area contributed by atoms with Crippen LogP contribution in [0.2, 0.25) is 0 Å². The molecule has 130 valence electrons. The van der Waals surface area contributed by atoms with Crippen molar-refractivity contribution in [1.29, 1.82) is 0 Å². The molecule has 0 saturated carbocycles. The normalized spacial score (nSPS) is 10.8. The fourth-order valence-corrected chi connectivity index (χ4v) is 2.50. The molecule has 2 aromatic carbocycles. The van der Waals surface area contributed by atoms with Gasteiger partial charge in [-0.05, 0) is 42.8 Å². The van der Waals surface area contributed by atoms with Gasteiger partial charge in [-0.25, -0.2) is 4.68 Å². The first-order chi connectivity index (χ1) is 12.5. The number of hydrogen-bond acceptors (Lipinski definition) is 4. The Hall–Kier alpha value is -3.54. The number of anilines is 1. The number of carbonyl (C=O) groups excluding carboxylic acids is 2. The summed E-state index contributed by atoms with van der Waals surface area (Å²) >= 11 is 0. The number of para-hydroxylation sites is 1. The molecule has 0 radical (unpaired) electrons. The number of amides is 1. The molecule has 0 unspecified atom stereocenters. The molecule has 3 rings (SSSR count). The molecule has 1 N–H and O–H groups in total. The van der Waals surface area contributed by atoms with E-state index in [4.69, 9.17) is 0 Å². The second-order valence-electron chi connectivity index (χ2n) is 5.77. The molecule has 0 bridgehead atoms. The maximum absolute atomic E-state index is 12.4. The Kier molecular flexibility index (Phi) is 5.03. The molecule has 0 spiro atoms. The van der Waals surface area contributed by atoms with Crippen LogP contribution in [0.3, 0.4) is 0 Å². The highest BCUT2D eigenvalue weighted by molar-refractivity contribution is 6.06. The van der Waals surface area contributed by atoms with Crippen molar-refractivity contribution in [1.82, 2.24) is 15.0 Å². The Morgan fingerprint density at radius 2 is 1.73 bits per heavy atom. The van der Waals surface area contributed by atoms with Crippen molar-refractivity contribution in [2.45, 2.75) is 13.8 Å². The van der Waals surface area contributed by atoms with Crippen molar-refractivity contribution >= 4 is 23.5 Å². The Balaban J connectivity index is 1.75. The third-order valence-corrected chi connectivity index (χ3v) is 3.79. The van der Waals surface area contributed by atoms with Gasteiger partial charge >= 0.3 is 0 Å². The van der Waals surface area contributed by atoms with Crippen LogP contribution in [0.15, 0.2) is 60.7 Å². The summed E-state index contributed by atoms with van der Waals surface area (Å²) in [7, 11) is 0. The van der Waals surface area contributed by atoms with Crippen LogP contribution >= 0.6 is 0 Å². The predicted octanol–water partition coefficient (Wildman–Crippen LogP) is 3.43. The highest BCUT2D eigenvalue weighted by Crippen LogP contribution is 2.14. The predicted molar refractivity (Wildman–Crippen MR) is 100 cm³/mol. The van der Waals surface area contributed by atoms with E-state index in [0.717, 1.165) is 11.3 Å². The number of aromatic nitrogens is 3. The van der Waals surface area contributed by atoms with Gasteiger partial charge < -0.3 is 5.32 Å². The van der Waals surface area contributed by atoms with E-state index < -0.39 is 0 Å². The zero-order valence-corrected chi connectivity index (χ0v) is 14.5. The second kappa shape index (κ2) is 7.57. The first-order valence-electron chi connectivity index (χ1n) is 8.12. The van der Waals surface area contributed by atoms with Gasteiger partial charge in [-0.1, -0.05) is 41.6 Å². The lowest BCUT2D eigenvalue weighted by atomic mass is 10.1. The highest BCUT2D eigenvalue weighted by atomic mass is 16.1. The quantitative estimate of drug-likeness (QED) is 0.567. The Morgan fingerprint density at radius 3 is 2.38 bits per heavy atom. The smallest absolute Gasteiger partial charge is 0.221 e. The maximum atomic E-state index is 12.4. The molecule has 26 heavy (non-hydrogen) atoms. The topological polar surface area (TPSA) is 76.9 Å². The Morgan fingerprint density at radius 1 is 1.04 bits per heavy atom. The van der Waals surface area contributed by atoms with Crippen molar-refractivity contribution in [3.63, 3.8) is 0 Å². The van der Waals surface area contributed by atoms with E-state index >= 15 is 0 Å². The highest BCUT2D eigenvalue weighted by Gasteiger charge is 2.14. The van der Waals surface area contributed by atoms with Gasteiger partial charge in [0.2, 0.25) is 11.7 Å². The van der Waals surface area contributed by atoms with E-state index in [2.05, 4.69) is 15.6 Å². The molecule has 0 aliphatic heterocycles. The van der Waals surface area contributed by atoms with Crippen LogP contribution in [-0.4, -0.2) is 26.7 Å². The van der Waals surface area contributed by atoms with E-state index in [1.165, 1.54) is 13.0 Å². The zero-order valence-electron chi connectivity index (χ0n) is 14.5. The molecule has 6 nitrogen and oxygen atoms in total. The average Bonchev–Trinajstić information content (AvgIpc) is 3.03. The summed E-state index contributed by atoms with van der Waals surface area (Å²) in [5, 5.41) is 10.8. The van der Waals surface area contributed by atoms with Gasteiger partial charge in [-0.15, -0.1) is 5.10 Å². The molecule has 6 heteroatoms. The molecule has 0 aliphatic rings. The fraction of sp³-hybridized carbons (Fsp3) is 0.100. The van der Waals surface area contributed by atoms with Crippen LogP contribution in [0.1, 0.15) is 28.7 Å². The minimum atomic E-state index is -0.212. The van der Waals surface area contributed by atoms with Crippen LogP contribution in [0, 0.1) is 6.92 Å². The Labute approximate surface area is 151 Å². The van der Waals surface area contributed by atoms with Crippen LogP contribution in [0.4, 0.5) is 5.69 Å². The lowest BCUT2D eigenvalue weighted by Gasteiger charge is -2.02. The third-order valence-electron chi connectivity index (χ3n) is 3.79. The van der Waals surface area contributed by atoms with Gasteiger partial charge in [0, 0.05) is 12.6 Å². The van der Waals surface area contributed by atoms with Crippen molar-refractivity contribution in [2.75, 3.05) is 5.32 Å². The molecule has 3 aromatic rings. The Bertz CT molecular complexity index is 957. The van der Waals surface area contributed by atoms with Crippen molar-refractivity contribution < 1.29 is 9.59 Å². The summed E-state index contributed by atoms with van der Waals surface area (Å²) in [6, 6.07) is 16.7. The molecular formula is C20H18N4O2. The summed E-state index contributed by atoms with van der Waals surface area (Å²) in [6.45, 7) is 3.27. The molecule has 1 aromatic heterocycles. The number of rotatable bonds is 5. The molecule has 1 amide bonds. The van der Waals surface area contributed by atoms with E-state index in [-0.39, 0.29) is 11.7 Å². The molecule has 1 heterocycles. The number of benzene rings is 2. The lowest BCUT2D eigenvalue weighted by Crippen LogP contribution is -2.05. The van der Waals surface area contributed by atoms with Gasteiger partial charge in [-0.2, -0.15) is 0 Å². The van der Waals surface area contributed by atoms with Gasteiger partial charge in [0.1, 0.15) is 0 Å². The van der Waals surface area contributed by atoms with Crippen molar-refractivity contribution in [2.24, 2.45) is 0 Å². The summed E-state index contributed by atoms with van der Waals surface area (Å²) in [4.78, 5) is 23.5. The number of nitrogens with one attached hydrogen (secondary N) is 1. The summed E-state index contributed by atoms with van der Waals surface area (Å²) in [5.41, 5.74) is 3.42. The maximum Gasteiger partial charge on any atom is 0.221 e. The second-order valence-corrected chi connectivity index (χ2v) is 5.77. The van der Waals surface area contributed by atoms with Gasteiger partial charge in [0.05, 0.1) is 11.4 Å². The van der Waals surface area contributed by atoms with Crippen LogP contribution in [0.25, 0.3) is 11.8 Å². The van der Waals surface area contributed by atoms with Crippen LogP contribution in [-0.2, 0) is 4.79 Å². The molecule has 0 saturated heterocycles. The van der Waals surface area contributed by atoms with Crippen LogP contribution in [0.5, 0.6) is 0 Å². The van der Waals surface area contributed by atoms with Crippen molar-refractivity contribution in [3.8, 4) is 5.69 Å². The first-order valence-corrected chi connectivity index (χ1v) is 8.12.